The van der Waals surface area contributed by atoms with Crippen molar-refractivity contribution in [2.75, 3.05) is 33.7 Å². The maximum Gasteiger partial charge on any atom is 0.317 e. The van der Waals surface area contributed by atoms with Crippen molar-refractivity contribution in [2.45, 2.75) is 44.6 Å². The van der Waals surface area contributed by atoms with Crippen molar-refractivity contribution in [3.05, 3.63) is 0 Å². The van der Waals surface area contributed by atoms with Crippen molar-refractivity contribution in [1.29, 1.82) is 0 Å². The van der Waals surface area contributed by atoms with Gasteiger partial charge >= 0.3 is 6.03 Å². The van der Waals surface area contributed by atoms with Gasteiger partial charge in [0.25, 0.3) is 0 Å². The topological polar surface area (TPSA) is 35.6 Å². The van der Waals surface area contributed by atoms with Crippen LogP contribution in [0.25, 0.3) is 0 Å². The Hall–Kier alpha value is -0.770. The highest BCUT2D eigenvalue weighted by molar-refractivity contribution is 5.74. The Labute approximate surface area is 111 Å². The molecule has 0 atom stereocenters. The zero-order valence-corrected chi connectivity index (χ0v) is 12.0. The average Bonchev–Trinajstić information content (AvgIpc) is 2.27. The molecule has 1 aliphatic heterocycles. The van der Waals surface area contributed by atoms with Gasteiger partial charge in [-0.25, -0.2) is 4.79 Å². The van der Waals surface area contributed by atoms with E-state index in [0.717, 1.165) is 38.4 Å². The average molecular weight is 253 g/mol. The van der Waals surface area contributed by atoms with Crippen molar-refractivity contribution in [3.63, 3.8) is 0 Å². The number of hydrogen-bond acceptors (Lipinski definition) is 2. The van der Waals surface area contributed by atoms with Crippen LogP contribution in [0.15, 0.2) is 0 Å². The highest BCUT2D eigenvalue weighted by atomic mass is 16.2. The molecular weight excluding hydrogens is 226 g/mol. The summed E-state index contributed by atoms with van der Waals surface area (Å²) in [7, 11) is 4.24. The molecule has 0 bridgehead atoms. The Bertz CT molecular complexity index is 291. The van der Waals surface area contributed by atoms with Gasteiger partial charge in [-0.2, -0.15) is 0 Å². The molecule has 4 heteroatoms. The van der Waals surface area contributed by atoms with Crippen LogP contribution in [-0.2, 0) is 0 Å². The lowest BCUT2D eigenvalue weighted by molar-refractivity contribution is 0.0600. The molecule has 1 saturated carbocycles. The third-order valence-electron chi connectivity index (χ3n) is 4.87. The largest absolute Gasteiger partial charge is 0.336 e. The number of hydrogen-bond donors (Lipinski definition) is 1. The molecule has 1 aliphatic carbocycles. The van der Waals surface area contributed by atoms with Crippen LogP contribution < -0.4 is 5.32 Å². The second-order valence-corrected chi connectivity index (χ2v) is 6.30. The second-order valence-electron chi connectivity index (χ2n) is 6.30. The van der Waals surface area contributed by atoms with Gasteiger partial charge in [0.1, 0.15) is 0 Å². The van der Waals surface area contributed by atoms with E-state index in [4.69, 9.17) is 0 Å². The monoisotopic (exact) mass is 253 g/mol. The third-order valence-corrected chi connectivity index (χ3v) is 4.87. The Morgan fingerprint density at radius 3 is 2.39 bits per heavy atom. The van der Waals surface area contributed by atoms with Gasteiger partial charge in [0, 0.05) is 25.2 Å². The van der Waals surface area contributed by atoms with Gasteiger partial charge in [-0.1, -0.05) is 6.92 Å². The van der Waals surface area contributed by atoms with Crippen molar-refractivity contribution in [3.8, 4) is 0 Å². The minimum absolute atomic E-state index is 0.134. The molecule has 0 radical (unpaired) electrons. The minimum atomic E-state index is 0.134. The van der Waals surface area contributed by atoms with E-state index in [0.29, 0.717) is 0 Å². The highest BCUT2D eigenvalue weighted by Crippen LogP contribution is 2.35. The molecule has 4 nitrogen and oxygen atoms in total. The van der Waals surface area contributed by atoms with Crippen molar-refractivity contribution in [1.82, 2.24) is 15.1 Å². The van der Waals surface area contributed by atoms with Crippen LogP contribution in [0, 0.1) is 5.92 Å². The molecule has 104 valence electrons. The number of urea groups is 1. The van der Waals surface area contributed by atoms with E-state index < -0.39 is 0 Å². The fourth-order valence-corrected chi connectivity index (χ4v) is 2.93. The number of carbonyl (C=O) groups is 1. The number of carbonyl (C=O) groups excluding carboxylic acids is 1. The first kappa shape index (κ1) is 13.7. The number of nitrogens with zero attached hydrogens (tertiary/aromatic N) is 2. The van der Waals surface area contributed by atoms with Crippen LogP contribution in [0.3, 0.4) is 0 Å². The number of piperidine rings is 1. The molecule has 0 spiro atoms. The van der Waals surface area contributed by atoms with E-state index >= 15 is 0 Å². The van der Waals surface area contributed by atoms with E-state index in [1.165, 1.54) is 19.3 Å². The number of rotatable bonds is 3. The van der Waals surface area contributed by atoms with Crippen LogP contribution in [0.5, 0.6) is 0 Å². The van der Waals surface area contributed by atoms with Gasteiger partial charge in [-0.15, -0.1) is 0 Å². The van der Waals surface area contributed by atoms with Crippen LogP contribution in [0.2, 0.25) is 0 Å². The molecule has 0 aromatic rings. The number of likely N-dealkylation sites (tertiary alicyclic amines) is 1. The molecule has 2 rings (SSSR count). The van der Waals surface area contributed by atoms with E-state index in [1.54, 1.807) is 0 Å². The highest BCUT2D eigenvalue weighted by Gasteiger charge is 2.39. The van der Waals surface area contributed by atoms with E-state index in [1.807, 2.05) is 4.90 Å². The number of likely N-dealkylation sites (N-methyl/N-ethyl adjacent to an activating group) is 1. The Balaban J connectivity index is 1.77. The molecule has 1 saturated heterocycles. The van der Waals surface area contributed by atoms with Gasteiger partial charge in [0.05, 0.1) is 0 Å². The summed E-state index contributed by atoms with van der Waals surface area (Å²) < 4.78 is 0. The lowest BCUT2D eigenvalue weighted by Gasteiger charge is -2.47. The maximum absolute atomic E-state index is 12.1. The fourth-order valence-electron chi connectivity index (χ4n) is 2.93. The van der Waals surface area contributed by atoms with E-state index in [9.17, 15) is 4.79 Å². The van der Waals surface area contributed by atoms with Gasteiger partial charge in [-0.05, 0) is 52.1 Å². The summed E-state index contributed by atoms with van der Waals surface area (Å²) in [6.45, 7) is 4.90. The van der Waals surface area contributed by atoms with Crippen molar-refractivity contribution < 1.29 is 4.79 Å². The van der Waals surface area contributed by atoms with Crippen LogP contribution >= 0.6 is 0 Å². The van der Waals surface area contributed by atoms with Crippen LogP contribution in [0.1, 0.15) is 39.0 Å². The first-order valence-corrected chi connectivity index (χ1v) is 7.24. The summed E-state index contributed by atoms with van der Waals surface area (Å²) in [4.78, 5) is 16.4. The summed E-state index contributed by atoms with van der Waals surface area (Å²) in [5.74, 6) is 0.772. The Morgan fingerprint density at radius 1 is 1.33 bits per heavy atom. The lowest BCUT2D eigenvalue weighted by Crippen LogP contribution is -2.58. The summed E-state index contributed by atoms with van der Waals surface area (Å²) in [5.41, 5.74) is 0.221. The second kappa shape index (κ2) is 5.47. The molecule has 0 unspecified atom stereocenters. The zero-order valence-electron chi connectivity index (χ0n) is 12.0. The molecule has 1 heterocycles. The standard InChI is InChI=1S/C14H27N3O/c1-12-5-9-17(10-6-12)13(18)15-11-14(16(2)3)7-4-8-14/h12H,4-11H2,1-3H3,(H,15,18). The Kier molecular flexibility index (Phi) is 4.15. The van der Waals surface area contributed by atoms with Gasteiger partial charge in [0.15, 0.2) is 0 Å². The number of nitrogens with one attached hydrogen (secondary N) is 1. The SMILES string of the molecule is CC1CCN(C(=O)NCC2(N(C)C)CCC2)CC1. The molecular formula is C14H27N3O. The maximum atomic E-state index is 12.1. The first-order chi connectivity index (χ1) is 8.53. The fraction of sp³-hybridized carbons (Fsp3) is 0.929. The van der Waals surface area contributed by atoms with Crippen molar-refractivity contribution >= 4 is 6.03 Å². The van der Waals surface area contributed by atoms with Crippen LogP contribution in [-0.4, -0.2) is 55.1 Å². The summed E-state index contributed by atoms with van der Waals surface area (Å²) in [6, 6.07) is 0.134. The van der Waals surface area contributed by atoms with Gasteiger partial charge < -0.3 is 15.1 Å². The van der Waals surface area contributed by atoms with Gasteiger partial charge in [-0.3, -0.25) is 0 Å². The Morgan fingerprint density at radius 2 is 1.94 bits per heavy atom. The minimum Gasteiger partial charge on any atom is -0.336 e. The zero-order chi connectivity index (χ0) is 13.2. The summed E-state index contributed by atoms with van der Waals surface area (Å²) in [6.07, 6.45) is 5.99. The van der Waals surface area contributed by atoms with Crippen LogP contribution in [0.4, 0.5) is 4.79 Å². The summed E-state index contributed by atoms with van der Waals surface area (Å²) in [5, 5.41) is 3.14. The molecule has 0 aromatic carbocycles. The predicted octanol–water partition coefficient (Wildman–Crippen LogP) is 1.91. The first-order valence-electron chi connectivity index (χ1n) is 7.24. The molecule has 1 N–H and O–H groups in total. The molecule has 2 aliphatic rings. The molecule has 0 aromatic heterocycles. The van der Waals surface area contributed by atoms with E-state index in [2.05, 4.69) is 31.2 Å². The molecule has 2 fully saturated rings. The van der Waals surface area contributed by atoms with Gasteiger partial charge in [0.2, 0.25) is 0 Å². The smallest absolute Gasteiger partial charge is 0.317 e. The number of amides is 2. The lowest BCUT2D eigenvalue weighted by atomic mass is 9.75. The molecule has 2 amide bonds. The predicted molar refractivity (Wildman–Crippen MR) is 73.6 cm³/mol. The quantitative estimate of drug-likeness (QED) is 0.834. The van der Waals surface area contributed by atoms with Crippen molar-refractivity contribution in [2.24, 2.45) is 5.92 Å². The summed E-state index contributed by atoms with van der Waals surface area (Å²) >= 11 is 0. The van der Waals surface area contributed by atoms with E-state index in [-0.39, 0.29) is 11.6 Å². The third kappa shape index (κ3) is 2.79. The normalized spacial score (nSPS) is 23.9. The molecule has 18 heavy (non-hydrogen) atoms.